The number of carbonyl (C=O) groups excluding carboxylic acids is 1. The fourth-order valence-corrected chi connectivity index (χ4v) is 2.49. The highest BCUT2D eigenvalue weighted by atomic mass is 16.5. The van der Waals surface area contributed by atoms with Crippen LogP contribution in [0.5, 0.6) is 5.75 Å². The molecule has 6 nitrogen and oxygen atoms in total. The molecule has 6 heteroatoms. The lowest BCUT2D eigenvalue weighted by molar-refractivity contribution is -0.144. The number of carbonyl (C=O) groups is 2. The van der Waals surface area contributed by atoms with Crippen molar-refractivity contribution in [3.8, 4) is 5.75 Å². The number of benzene rings is 2. The molecule has 0 aromatic heterocycles. The fourth-order valence-electron chi connectivity index (χ4n) is 2.49. The molecule has 132 valence electrons. The van der Waals surface area contributed by atoms with E-state index < -0.39 is 12.1 Å². The van der Waals surface area contributed by atoms with Gasteiger partial charge >= 0.3 is 5.97 Å². The molecular weight excluding hydrogens is 332 g/mol. The number of anilines is 1. The highest BCUT2D eigenvalue weighted by Crippen LogP contribution is 2.25. The molecule has 3 rings (SSSR count). The second-order valence-corrected chi connectivity index (χ2v) is 5.86. The Morgan fingerprint density at radius 2 is 1.81 bits per heavy atom. The maximum absolute atomic E-state index is 12.7. The van der Waals surface area contributed by atoms with Gasteiger partial charge in [-0.25, -0.2) is 4.79 Å². The van der Waals surface area contributed by atoms with Crippen molar-refractivity contribution in [2.75, 3.05) is 5.01 Å². The first-order valence-corrected chi connectivity index (χ1v) is 8.12. The van der Waals surface area contributed by atoms with Gasteiger partial charge < -0.3 is 9.84 Å². The molecule has 2 aromatic carbocycles. The van der Waals surface area contributed by atoms with Crippen molar-refractivity contribution < 1.29 is 19.4 Å². The number of amides is 1. The summed E-state index contributed by atoms with van der Waals surface area (Å²) in [5.74, 6) is -0.759. The highest BCUT2D eigenvalue weighted by molar-refractivity contribution is 6.32. The van der Waals surface area contributed by atoms with Gasteiger partial charge in [0.25, 0.3) is 5.91 Å². The minimum Gasteiger partial charge on any atom is -0.479 e. The average molecular weight is 350 g/mol. The van der Waals surface area contributed by atoms with E-state index in [9.17, 15) is 9.59 Å². The quantitative estimate of drug-likeness (QED) is 0.839. The third-order valence-electron chi connectivity index (χ3n) is 3.92. The number of ether oxygens (including phenoxy) is 1. The Hall–Kier alpha value is -3.41. The molecule has 1 aliphatic rings. The van der Waals surface area contributed by atoms with E-state index in [0.717, 1.165) is 5.56 Å². The molecule has 26 heavy (non-hydrogen) atoms. The van der Waals surface area contributed by atoms with Gasteiger partial charge in [0.05, 0.1) is 17.0 Å². The minimum atomic E-state index is -1.03. The van der Waals surface area contributed by atoms with Crippen molar-refractivity contribution >= 4 is 29.4 Å². The molecule has 0 fully saturated rings. The molecule has 0 saturated carbocycles. The van der Waals surface area contributed by atoms with Gasteiger partial charge in [-0.1, -0.05) is 30.3 Å². The Balaban J connectivity index is 1.79. The Morgan fingerprint density at radius 1 is 1.15 bits per heavy atom. The van der Waals surface area contributed by atoms with E-state index in [-0.39, 0.29) is 5.91 Å². The summed E-state index contributed by atoms with van der Waals surface area (Å²) in [6, 6.07) is 16.1. The van der Waals surface area contributed by atoms with Crippen molar-refractivity contribution in [3.63, 3.8) is 0 Å². The zero-order chi connectivity index (χ0) is 18.7. The molecule has 1 amide bonds. The van der Waals surface area contributed by atoms with E-state index >= 15 is 0 Å². The van der Waals surface area contributed by atoms with Crippen LogP contribution in [0.3, 0.4) is 0 Å². The lowest BCUT2D eigenvalue weighted by Crippen LogP contribution is -2.22. The smallest absolute Gasteiger partial charge is 0.344 e. The predicted octanol–water partition coefficient (Wildman–Crippen LogP) is 3.34. The third-order valence-corrected chi connectivity index (χ3v) is 3.92. The van der Waals surface area contributed by atoms with Crippen LogP contribution in [0.2, 0.25) is 0 Å². The van der Waals surface area contributed by atoms with Crippen molar-refractivity contribution in [2.24, 2.45) is 5.10 Å². The van der Waals surface area contributed by atoms with Crippen molar-refractivity contribution in [1.82, 2.24) is 0 Å². The number of nitrogens with zero attached hydrogens (tertiary/aromatic N) is 2. The van der Waals surface area contributed by atoms with E-state index in [4.69, 9.17) is 9.84 Å². The van der Waals surface area contributed by atoms with Gasteiger partial charge in [-0.05, 0) is 49.8 Å². The fraction of sp³-hybridized carbons (Fsp3) is 0.150. The van der Waals surface area contributed by atoms with Gasteiger partial charge in [0, 0.05) is 0 Å². The van der Waals surface area contributed by atoms with E-state index in [1.54, 1.807) is 37.3 Å². The molecule has 1 heterocycles. The summed E-state index contributed by atoms with van der Waals surface area (Å²) in [5.41, 5.74) is 2.67. The molecule has 1 unspecified atom stereocenters. The summed E-state index contributed by atoms with van der Waals surface area (Å²) in [5, 5.41) is 14.6. The van der Waals surface area contributed by atoms with Gasteiger partial charge in [-0.2, -0.15) is 10.1 Å². The van der Waals surface area contributed by atoms with Crippen LogP contribution in [0, 0.1) is 0 Å². The SMILES string of the molecule is CC1=NN(c2ccccc2)C(=O)/C1=C\c1ccc(OC(C)C(=O)O)cc1. The number of para-hydroxylation sites is 1. The minimum absolute atomic E-state index is 0.187. The summed E-state index contributed by atoms with van der Waals surface area (Å²) < 4.78 is 5.30. The molecule has 0 aliphatic carbocycles. The largest absolute Gasteiger partial charge is 0.479 e. The topological polar surface area (TPSA) is 79.2 Å². The van der Waals surface area contributed by atoms with E-state index in [1.807, 2.05) is 30.3 Å². The molecule has 1 atom stereocenters. The van der Waals surface area contributed by atoms with Crippen molar-refractivity contribution in [1.29, 1.82) is 0 Å². The Kier molecular flexibility index (Phi) is 4.84. The van der Waals surface area contributed by atoms with Gasteiger partial charge in [0.2, 0.25) is 0 Å². The molecule has 0 spiro atoms. The van der Waals surface area contributed by atoms with Gasteiger partial charge in [0.1, 0.15) is 5.75 Å². The zero-order valence-corrected chi connectivity index (χ0v) is 14.4. The van der Waals surface area contributed by atoms with Gasteiger partial charge in [0.15, 0.2) is 6.10 Å². The Bertz CT molecular complexity index is 886. The summed E-state index contributed by atoms with van der Waals surface area (Å²) in [6.07, 6.45) is 0.832. The first-order chi connectivity index (χ1) is 12.5. The lowest BCUT2D eigenvalue weighted by Gasteiger charge is -2.11. The number of hydrogen-bond donors (Lipinski definition) is 1. The maximum Gasteiger partial charge on any atom is 0.344 e. The van der Waals surface area contributed by atoms with Crippen LogP contribution in [0.1, 0.15) is 19.4 Å². The summed E-state index contributed by atoms with van der Waals surface area (Å²) in [6.45, 7) is 3.26. The standard InChI is InChI=1S/C20H18N2O4/c1-13-18(19(23)22(21-13)16-6-4-3-5-7-16)12-15-8-10-17(11-9-15)26-14(2)20(24)25/h3-12,14H,1-2H3,(H,24,25)/b18-12-. The molecular formula is C20H18N2O4. The van der Waals surface area contributed by atoms with Crippen LogP contribution in [0.4, 0.5) is 5.69 Å². The number of aliphatic carboxylic acids is 1. The first-order valence-electron chi connectivity index (χ1n) is 8.12. The monoisotopic (exact) mass is 350 g/mol. The van der Waals surface area contributed by atoms with Gasteiger partial charge in [-0.15, -0.1) is 0 Å². The third kappa shape index (κ3) is 3.64. The van der Waals surface area contributed by atoms with Crippen molar-refractivity contribution in [2.45, 2.75) is 20.0 Å². The number of hydrazone groups is 1. The van der Waals surface area contributed by atoms with E-state index in [1.165, 1.54) is 11.9 Å². The Morgan fingerprint density at radius 3 is 2.42 bits per heavy atom. The second kappa shape index (κ2) is 7.23. The summed E-state index contributed by atoms with van der Waals surface area (Å²) in [4.78, 5) is 23.5. The molecule has 1 aliphatic heterocycles. The predicted molar refractivity (Wildman–Crippen MR) is 99.2 cm³/mol. The number of carboxylic acids is 1. The number of hydrogen-bond acceptors (Lipinski definition) is 4. The second-order valence-electron chi connectivity index (χ2n) is 5.86. The normalized spacial score (nSPS) is 16.5. The first kappa shape index (κ1) is 17.4. The molecule has 0 saturated heterocycles. The molecule has 2 aromatic rings. The van der Waals surface area contributed by atoms with Crippen LogP contribution in [-0.4, -0.2) is 28.8 Å². The molecule has 0 radical (unpaired) electrons. The van der Waals surface area contributed by atoms with Gasteiger partial charge in [-0.3, -0.25) is 4.79 Å². The van der Waals surface area contributed by atoms with Crippen LogP contribution in [-0.2, 0) is 9.59 Å². The molecule has 0 bridgehead atoms. The van der Waals surface area contributed by atoms with Crippen LogP contribution < -0.4 is 9.75 Å². The summed E-state index contributed by atoms with van der Waals surface area (Å²) >= 11 is 0. The summed E-state index contributed by atoms with van der Waals surface area (Å²) in [7, 11) is 0. The highest BCUT2D eigenvalue weighted by Gasteiger charge is 2.28. The van der Waals surface area contributed by atoms with Crippen LogP contribution in [0.15, 0.2) is 65.3 Å². The lowest BCUT2D eigenvalue weighted by atomic mass is 10.1. The van der Waals surface area contributed by atoms with E-state index in [0.29, 0.717) is 22.7 Å². The number of carboxylic acid groups (broad SMARTS) is 1. The Labute approximate surface area is 151 Å². The van der Waals surface area contributed by atoms with Crippen LogP contribution >= 0.6 is 0 Å². The van der Waals surface area contributed by atoms with E-state index in [2.05, 4.69) is 5.10 Å². The average Bonchev–Trinajstić information content (AvgIpc) is 2.92. The maximum atomic E-state index is 12.7. The molecule has 1 N–H and O–H groups in total. The zero-order valence-electron chi connectivity index (χ0n) is 14.4. The number of rotatable bonds is 5. The van der Waals surface area contributed by atoms with Crippen LogP contribution in [0.25, 0.3) is 6.08 Å². The van der Waals surface area contributed by atoms with Crippen molar-refractivity contribution in [3.05, 3.63) is 65.7 Å².